The maximum absolute atomic E-state index is 13.0. The highest BCUT2D eigenvalue weighted by molar-refractivity contribution is 6.10. The van der Waals surface area contributed by atoms with Crippen LogP contribution in [0.2, 0.25) is 0 Å². The second kappa shape index (κ2) is 10.1. The van der Waals surface area contributed by atoms with Gasteiger partial charge in [-0.25, -0.2) is 9.97 Å². The van der Waals surface area contributed by atoms with Gasteiger partial charge in [0, 0.05) is 29.3 Å². The molecule has 0 amide bonds. The molecular formula is C26H22N4O2. The van der Waals surface area contributed by atoms with Gasteiger partial charge in [0.05, 0.1) is 12.2 Å². The minimum absolute atomic E-state index is 0.0200. The van der Waals surface area contributed by atoms with Gasteiger partial charge < -0.3 is 15.7 Å². The van der Waals surface area contributed by atoms with Gasteiger partial charge >= 0.3 is 0 Å². The molecule has 0 fully saturated rings. The van der Waals surface area contributed by atoms with Crippen molar-refractivity contribution in [3.63, 3.8) is 0 Å². The molecule has 0 bridgehead atoms. The third kappa shape index (κ3) is 5.24. The molecule has 6 nitrogen and oxygen atoms in total. The topological polar surface area (TPSA) is 87.1 Å². The third-order valence-corrected chi connectivity index (χ3v) is 4.76. The van der Waals surface area contributed by atoms with Crippen molar-refractivity contribution >= 4 is 34.9 Å². The number of hydrogen-bond donors (Lipinski definition) is 3. The van der Waals surface area contributed by atoms with Crippen molar-refractivity contribution in [1.29, 1.82) is 0 Å². The molecule has 158 valence electrons. The number of aliphatic hydroxyl groups is 1. The predicted octanol–water partition coefficient (Wildman–Crippen LogP) is 5.35. The lowest BCUT2D eigenvalue weighted by Gasteiger charge is -2.10. The highest BCUT2D eigenvalue weighted by Crippen LogP contribution is 2.22. The van der Waals surface area contributed by atoms with E-state index in [0.29, 0.717) is 17.2 Å². The first-order chi connectivity index (χ1) is 15.7. The van der Waals surface area contributed by atoms with Gasteiger partial charge in [-0.05, 0) is 66.2 Å². The van der Waals surface area contributed by atoms with Crippen LogP contribution in [0.3, 0.4) is 0 Å². The maximum Gasteiger partial charge on any atom is 0.189 e. The van der Waals surface area contributed by atoms with Crippen molar-refractivity contribution < 1.29 is 9.90 Å². The Morgan fingerprint density at radius 2 is 1.44 bits per heavy atom. The van der Waals surface area contributed by atoms with E-state index in [0.717, 1.165) is 22.5 Å². The van der Waals surface area contributed by atoms with E-state index in [1.807, 2.05) is 66.7 Å². The number of rotatable bonds is 8. The van der Waals surface area contributed by atoms with Gasteiger partial charge in [0.15, 0.2) is 5.78 Å². The summed E-state index contributed by atoms with van der Waals surface area (Å²) in [6.45, 7) is -0.0200. The van der Waals surface area contributed by atoms with E-state index >= 15 is 0 Å². The summed E-state index contributed by atoms with van der Waals surface area (Å²) in [5, 5.41) is 15.6. The van der Waals surface area contributed by atoms with Crippen molar-refractivity contribution in [3.05, 3.63) is 114 Å². The summed E-state index contributed by atoms with van der Waals surface area (Å²) in [5.41, 5.74) is 3.75. The lowest BCUT2D eigenvalue weighted by Crippen LogP contribution is -2.03. The molecule has 0 saturated heterocycles. The van der Waals surface area contributed by atoms with Crippen LogP contribution in [-0.4, -0.2) is 20.9 Å². The van der Waals surface area contributed by atoms with Crippen molar-refractivity contribution in [3.8, 4) is 0 Å². The zero-order chi connectivity index (χ0) is 22.2. The number of benzene rings is 2. The van der Waals surface area contributed by atoms with Gasteiger partial charge in [0.2, 0.25) is 0 Å². The normalized spacial score (nSPS) is 10.8. The number of hydrogen-bond acceptors (Lipinski definition) is 6. The van der Waals surface area contributed by atoms with Crippen molar-refractivity contribution in [2.75, 3.05) is 10.6 Å². The lowest BCUT2D eigenvalue weighted by molar-refractivity contribution is 0.104. The van der Waals surface area contributed by atoms with Gasteiger partial charge in [-0.1, -0.05) is 30.3 Å². The van der Waals surface area contributed by atoms with Crippen LogP contribution in [0.4, 0.5) is 23.0 Å². The quantitative estimate of drug-likeness (QED) is 0.262. The molecule has 32 heavy (non-hydrogen) atoms. The van der Waals surface area contributed by atoms with Crippen molar-refractivity contribution in [2.45, 2.75) is 6.61 Å². The van der Waals surface area contributed by atoms with Crippen molar-refractivity contribution in [1.82, 2.24) is 9.97 Å². The number of para-hydroxylation sites is 1. The number of aromatic nitrogens is 2. The molecule has 2 aromatic heterocycles. The van der Waals surface area contributed by atoms with Crippen LogP contribution < -0.4 is 10.6 Å². The molecule has 2 heterocycles. The molecule has 4 aromatic rings. The largest absolute Gasteiger partial charge is 0.392 e. The smallest absolute Gasteiger partial charge is 0.189 e. The van der Waals surface area contributed by atoms with Crippen LogP contribution in [0, 0.1) is 0 Å². The number of nitrogens with zero attached hydrogens (tertiary/aromatic N) is 2. The van der Waals surface area contributed by atoms with Gasteiger partial charge in [0.25, 0.3) is 0 Å². The standard InChI is InChI=1S/C26H22N4O2/c31-18-19-10-13-22(14-11-19)30-26-23(9-5-17-28-26)24(32)15-12-20-6-4-16-27-25(20)29-21-7-2-1-3-8-21/h1-17,31H,18H2,(H,27,29)(H,28,30)/b15-12+. The number of aliphatic hydroxyl groups excluding tert-OH is 1. The minimum atomic E-state index is -0.179. The van der Waals surface area contributed by atoms with E-state index in [-0.39, 0.29) is 12.4 Å². The summed E-state index contributed by atoms with van der Waals surface area (Å²) >= 11 is 0. The highest BCUT2D eigenvalue weighted by atomic mass is 16.3. The Bertz CT molecular complexity index is 1220. The Labute approximate surface area is 186 Å². The molecule has 6 heteroatoms. The number of allylic oxidation sites excluding steroid dienone is 1. The maximum atomic E-state index is 13.0. The summed E-state index contributed by atoms with van der Waals surface area (Å²) in [6.07, 6.45) is 6.60. The number of nitrogens with one attached hydrogen (secondary N) is 2. The molecule has 0 aliphatic carbocycles. The first kappa shape index (κ1) is 21.0. The average molecular weight is 422 g/mol. The van der Waals surface area contributed by atoms with Gasteiger partial charge in [-0.3, -0.25) is 4.79 Å². The molecule has 0 aliphatic rings. The first-order valence-corrected chi connectivity index (χ1v) is 10.1. The Morgan fingerprint density at radius 3 is 2.19 bits per heavy atom. The molecule has 0 spiro atoms. The summed E-state index contributed by atoms with van der Waals surface area (Å²) in [6, 6.07) is 24.2. The SMILES string of the molecule is O=C(/C=C/c1cccnc1Nc1ccccc1)c1cccnc1Nc1ccc(CO)cc1. The van der Waals surface area contributed by atoms with Crippen molar-refractivity contribution in [2.24, 2.45) is 0 Å². The molecule has 2 aromatic carbocycles. The van der Waals surface area contributed by atoms with Crippen LogP contribution in [0.5, 0.6) is 0 Å². The van der Waals surface area contributed by atoms with Gasteiger partial charge in [-0.2, -0.15) is 0 Å². The van der Waals surface area contributed by atoms with E-state index in [1.165, 1.54) is 6.08 Å². The predicted molar refractivity (Wildman–Crippen MR) is 127 cm³/mol. The molecule has 0 aliphatic heterocycles. The second-order valence-corrected chi connectivity index (χ2v) is 7.01. The van der Waals surface area contributed by atoms with Crippen LogP contribution in [0.15, 0.2) is 97.3 Å². The Balaban J connectivity index is 1.53. The van der Waals surface area contributed by atoms with Crippen LogP contribution in [0.1, 0.15) is 21.5 Å². The minimum Gasteiger partial charge on any atom is -0.392 e. The summed E-state index contributed by atoms with van der Waals surface area (Å²) < 4.78 is 0. The number of ketones is 1. The fourth-order valence-electron chi connectivity index (χ4n) is 3.10. The zero-order valence-corrected chi connectivity index (χ0v) is 17.3. The first-order valence-electron chi connectivity index (χ1n) is 10.1. The second-order valence-electron chi connectivity index (χ2n) is 7.01. The third-order valence-electron chi connectivity index (χ3n) is 4.76. The van der Waals surface area contributed by atoms with E-state index in [4.69, 9.17) is 0 Å². The monoisotopic (exact) mass is 422 g/mol. The molecule has 0 unspecified atom stereocenters. The fourth-order valence-corrected chi connectivity index (χ4v) is 3.10. The van der Waals surface area contributed by atoms with Crippen LogP contribution in [-0.2, 0) is 6.61 Å². The number of anilines is 4. The summed E-state index contributed by atoms with van der Waals surface area (Å²) in [7, 11) is 0. The number of pyridine rings is 2. The van der Waals surface area contributed by atoms with Gasteiger partial charge in [-0.15, -0.1) is 0 Å². The average Bonchev–Trinajstić information content (AvgIpc) is 2.85. The Morgan fingerprint density at radius 1 is 0.781 bits per heavy atom. The lowest BCUT2D eigenvalue weighted by atomic mass is 10.1. The number of carbonyl (C=O) groups excluding carboxylic acids is 1. The molecule has 0 radical (unpaired) electrons. The molecule has 0 atom stereocenters. The molecule has 3 N–H and O–H groups in total. The molecule has 4 rings (SSSR count). The number of carbonyl (C=O) groups is 1. The summed E-state index contributed by atoms with van der Waals surface area (Å²) in [5.74, 6) is 0.950. The Hall–Kier alpha value is -4.29. The highest BCUT2D eigenvalue weighted by Gasteiger charge is 2.11. The van der Waals surface area contributed by atoms with E-state index in [1.54, 1.807) is 30.6 Å². The molecular weight excluding hydrogens is 400 g/mol. The van der Waals surface area contributed by atoms with E-state index in [2.05, 4.69) is 20.6 Å². The van der Waals surface area contributed by atoms with Gasteiger partial charge in [0.1, 0.15) is 11.6 Å². The molecule has 0 saturated carbocycles. The van der Waals surface area contributed by atoms with Crippen LogP contribution >= 0.6 is 0 Å². The van der Waals surface area contributed by atoms with E-state index in [9.17, 15) is 9.90 Å². The van der Waals surface area contributed by atoms with E-state index < -0.39 is 0 Å². The fraction of sp³-hybridized carbons (Fsp3) is 0.0385. The van der Waals surface area contributed by atoms with Crippen LogP contribution in [0.25, 0.3) is 6.08 Å². The summed E-state index contributed by atoms with van der Waals surface area (Å²) in [4.78, 5) is 21.7. The zero-order valence-electron chi connectivity index (χ0n) is 17.3. The Kier molecular flexibility index (Phi) is 6.65.